The number of benzene rings is 1. The van der Waals surface area contributed by atoms with Crippen LogP contribution in [0.25, 0.3) is 0 Å². The van der Waals surface area contributed by atoms with Crippen molar-refractivity contribution >= 4 is 21.9 Å². The molecule has 0 amide bonds. The molecule has 2 atom stereocenters. The van der Waals surface area contributed by atoms with E-state index >= 15 is 0 Å². The first-order chi connectivity index (χ1) is 19.0. The Morgan fingerprint density at radius 1 is 1.10 bits per heavy atom. The van der Waals surface area contributed by atoms with Crippen LogP contribution in [0.15, 0.2) is 82.2 Å². The first-order valence-corrected chi connectivity index (χ1v) is 14.5. The molecule has 8 nitrogen and oxygen atoms in total. The summed E-state index contributed by atoms with van der Waals surface area (Å²) in [6, 6.07) is 5.62. The molecule has 0 spiro atoms. The molecular weight excluding hydrogens is 548 g/mol. The summed E-state index contributed by atoms with van der Waals surface area (Å²) in [7, 11) is -3.70. The number of primary sulfonamides is 1. The number of sulfonamides is 1. The molecule has 0 aromatic heterocycles. The van der Waals surface area contributed by atoms with Crippen LogP contribution in [-0.2, 0) is 10.0 Å². The molecule has 0 saturated heterocycles. The molecule has 3 aliphatic rings. The lowest BCUT2D eigenvalue weighted by atomic mass is 9.81. The minimum atomic E-state index is -4.50. The number of allylic oxidation sites excluding steroid dienone is 3. The third kappa shape index (κ3) is 7.67. The number of nitrogens with two attached hydrogens (primary N) is 1. The quantitative estimate of drug-likeness (QED) is 0.365. The molecule has 4 rings (SSSR count). The zero-order chi connectivity index (χ0) is 28.8. The van der Waals surface area contributed by atoms with Gasteiger partial charge in [0, 0.05) is 18.3 Å². The minimum absolute atomic E-state index is 0.0197. The first-order valence-electron chi connectivity index (χ1n) is 12.9. The number of nitrogens with one attached hydrogen (secondary N) is 3. The van der Waals surface area contributed by atoms with Gasteiger partial charge in [0.2, 0.25) is 10.0 Å². The molecule has 13 heteroatoms. The van der Waals surface area contributed by atoms with Crippen LogP contribution in [0.3, 0.4) is 0 Å². The van der Waals surface area contributed by atoms with Crippen molar-refractivity contribution in [2.75, 3.05) is 6.54 Å². The van der Waals surface area contributed by atoms with Gasteiger partial charge < -0.3 is 10.6 Å². The van der Waals surface area contributed by atoms with Gasteiger partial charge in [-0.3, -0.25) is 15.3 Å². The van der Waals surface area contributed by atoms with Crippen LogP contribution in [0.1, 0.15) is 44.1 Å². The fourth-order valence-corrected chi connectivity index (χ4v) is 5.42. The van der Waals surface area contributed by atoms with E-state index < -0.39 is 39.1 Å². The molecule has 1 aromatic rings. The Bertz CT molecular complexity index is 1340. The van der Waals surface area contributed by atoms with Crippen molar-refractivity contribution in [2.24, 2.45) is 15.1 Å². The molecule has 0 radical (unpaired) electrons. The summed E-state index contributed by atoms with van der Waals surface area (Å²) in [5, 5.41) is 13.3. The van der Waals surface area contributed by atoms with Gasteiger partial charge in [-0.1, -0.05) is 37.5 Å². The molecule has 1 aromatic carbocycles. The SMILES string of the molecule is NS(=O)(=O)C1C=CC(CNC2/N=C/C=C\C(c3ccc(F)cc3)=N/C=C(\NC3(C(F)(F)F)CCCCC3)N2)=CC1. The highest BCUT2D eigenvalue weighted by atomic mass is 32.2. The van der Waals surface area contributed by atoms with Gasteiger partial charge in [0.05, 0.1) is 17.2 Å². The van der Waals surface area contributed by atoms with Crippen LogP contribution in [-0.4, -0.2) is 50.1 Å². The van der Waals surface area contributed by atoms with Gasteiger partial charge in [-0.25, -0.2) is 17.9 Å². The van der Waals surface area contributed by atoms with Gasteiger partial charge in [-0.2, -0.15) is 13.2 Å². The lowest BCUT2D eigenvalue weighted by molar-refractivity contribution is -0.203. The zero-order valence-electron chi connectivity index (χ0n) is 21.7. The van der Waals surface area contributed by atoms with Gasteiger partial charge in [0.15, 0.2) is 6.29 Å². The molecular formula is C27H32F4N6O2S. The maximum Gasteiger partial charge on any atom is 0.411 e. The van der Waals surface area contributed by atoms with Crippen LogP contribution in [0, 0.1) is 5.82 Å². The summed E-state index contributed by atoms with van der Waals surface area (Å²) < 4.78 is 79.7. The number of aliphatic imine (C=N–C) groups is 2. The molecule has 2 unspecified atom stereocenters. The van der Waals surface area contributed by atoms with Crippen LogP contribution >= 0.6 is 0 Å². The summed E-state index contributed by atoms with van der Waals surface area (Å²) in [5.41, 5.74) is -0.362. The molecule has 1 aliphatic heterocycles. The van der Waals surface area contributed by atoms with Gasteiger partial charge in [0.25, 0.3) is 0 Å². The van der Waals surface area contributed by atoms with E-state index in [-0.39, 0.29) is 31.6 Å². The molecule has 1 heterocycles. The van der Waals surface area contributed by atoms with E-state index in [4.69, 9.17) is 5.14 Å². The van der Waals surface area contributed by atoms with Gasteiger partial charge >= 0.3 is 6.18 Å². The molecule has 1 saturated carbocycles. The topological polar surface area (TPSA) is 121 Å². The Balaban J connectivity index is 1.59. The highest BCUT2D eigenvalue weighted by Crippen LogP contribution is 2.42. The average Bonchev–Trinajstić information content (AvgIpc) is 2.91. The molecule has 5 N–H and O–H groups in total. The molecule has 1 fully saturated rings. The second-order valence-corrected chi connectivity index (χ2v) is 11.7. The van der Waals surface area contributed by atoms with Crippen LogP contribution in [0.4, 0.5) is 17.6 Å². The van der Waals surface area contributed by atoms with Crippen molar-refractivity contribution < 1.29 is 26.0 Å². The standard InChI is InChI=1S/C27H32F4N6O2S/c28-21-10-8-20(9-11-21)23-5-4-16-33-25(35-17-19-6-12-22(13-7-19)40(32,38)39)36-24(18-34-23)37-26(27(29,30)31)14-2-1-3-15-26/h4-12,16,18,22,25,35-37H,1-3,13-15,17H2,(H2,32,38,39)/b5-4-,24-18-,33-16+,34-23+. The van der Waals surface area contributed by atoms with Crippen molar-refractivity contribution in [1.29, 1.82) is 0 Å². The molecule has 2 aliphatic carbocycles. The minimum Gasteiger partial charge on any atom is -0.357 e. The summed E-state index contributed by atoms with van der Waals surface area (Å²) in [4.78, 5) is 8.85. The van der Waals surface area contributed by atoms with Crippen molar-refractivity contribution in [2.45, 2.75) is 61.8 Å². The number of rotatable bonds is 7. The Morgan fingerprint density at radius 3 is 2.45 bits per heavy atom. The van der Waals surface area contributed by atoms with Gasteiger partial charge in [-0.05, 0) is 61.3 Å². The second-order valence-electron chi connectivity index (χ2n) is 9.92. The summed E-state index contributed by atoms with van der Waals surface area (Å²) in [5.74, 6) is -0.401. The number of alkyl halides is 3. The normalized spacial score (nSPS) is 27.7. The van der Waals surface area contributed by atoms with E-state index in [1.807, 2.05) is 0 Å². The molecule has 40 heavy (non-hydrogen) atoms. The number of hydrogen-bond donors (Lipinski definition) is 4. The summed E-state index contributed by atoms with van der Waals surface area (Å²) in [6.45, 7) is 0.258. The Hall–Kier alpha value is -3.29. The Labute approximate surface area is 231 Å². The second kappa shape index (κ2) is 12.5. The van der Waals surface area contributed by atoms with Crippen molar-refractivity contribution in [3.05, 3.63) is 83.6 Å². The Kier molecular flexibility index (Phi) is 9.26. The van der Waals surface area contributed by atoms with Crippen molar-refractivity contribution in [3.63, 3.8) is 0 Å². The van der Waals surface area contributed by atoms with Crippen LogP contribution < -0.4 is 21.1 Å². The lowest BCUT2D eigenvalue weighted by Gasteiger charge is -2.41. The number of halogens is 4. The first kappa shape index (κ1) is 29.7. The van der Waals surface area contributed by atoms with Crippen molar-refractivity contribution in [1.82, 2.24) is 16.0 Å². The predicted octanol–water partition coefficient (Wildman–Crippen LogP) is 3.92. The lowest BCUT2D eigenvalue weighted by Crippen LogP contribution is -2.60. The van der Waals surface area contributed by atoms with E-state index in [1.165, 1.54) is 42.8 Å². The third-order valence-electron chi connectivity index (χ3n) is 7.02. The van der Waals surface area contributed by atoms with E-state index in [0.717, 1.165) is 12.0 Å². The van der Waals surface area contributed by atoms with Crippen LogP contribution in [0.5, 0.6) is 0 Å². The van der Waals surface area contributed by atoms with Crippen LogP contribution in [0.2, 0.25) is 0 Å². The smallest absolute Gasteiger partial charge is 0.357 e. The van der Waals surface area contributed by atoms with Gasteiger partial charge in [-0.15, -0.1) is 0 Å². The van der Waals surface area contributed by atoms with E-state index in [2.05, 4.69) is 25.9 Å². The van der Waals surface area contributed by atoms with Gasteiger partial charge in [0.1, 0.15) is 17.2 Å². The average molecular weight is 581 g/mol. The monoisotopic (exact) mass is 580 g/mol. The summed E-state index contributed by atoms with van der Waals surface area (Å²) in [6.07, 6.45) is 7.24. The molecule has 216 valence electrons. The summed E-state index contributed by atoms with van der Waals surface area (Å²) >= 11 is 0. The maximum absolute atomic E-state index is 14.3. The zero-order valence-corrected chi connectivity index (χ0v) is 22.5. The third-order valence-corrected chi connectivity index (χ3v) is 8.22. The van der Waals surface area contributed by atoms with E-state index in [0.29, 0.717) is 24.1 Å². The highest BCUT2D eigenvalue weighted by molar-refractivity contribution is 7.89. The molecule has 0 bridgehead atoms. The van der Waals surface area contributed by atoms with E-state index in [9.17, 15) is 26.0 Å². The van der Waals surface area contributed by atoms with Crippen molar-refractivity contribution in [3.8, 4) is 0 Å². The largest absolute Gasteiger partial charge is 0.411 e. The fraction of sp³-hybridized carbons (Fsp3) is 0.407. The fourth-order valence-electron chi connectivity index (χ4n) is 4.76. The number of hydrogen-bond acceptors (Lipinski definition) is 7. The maximum atomic E-state index is 14.3. The Morgan fingerprint density at radius 2 is 1.82 bits per heavy atom. The highest BCUT2D eigenvalue weighted by Gasteiger charge is 2.55. The predicted molar refractivity (Wildman–Crippen MR) is 147 cm³/mol. The number of nitrogens with zero attached hydrogens (tertiary/aromatic N) is 2. The van der Waals surface area contributed by atoms with E-state index in [1.54, 1.807) is 24.3 Å².